The first-order valence-corrected chi connectivity index (χ1v) is 2.09. The number of carbonyl (C=O) groups is 1. The fourth-order valence-corrected chi connectivity index (χ4v) is 0.175. The Labute approximate surface area is 53.7 Å². The summed E-state index contributed by atoms with van der Waals surface area (Å²) in [4.78, 5) is 9.68. The molecule has 0 saturated carbocycles. The molecule has 0 aromatic rings. The maximum atomic E-state index is 9.68. The van der Waals surface area contributed by atoms with Gasteiger partial charge in [-0.05, 0) is 6.42 Å². The molecular weight excluding hydrogens is 131 g/mol. The molecule has 0 rings (SSSR count). The van der Waals surface area contributed by atoms with Crippen LogP contribution < -0.4 is 0 Å². The lowest BCUT2D eigenvalue weighted by molar-refractivity contribution is -0.146. The fourth-order valence-electron chi connectivity index (χ4n) is 0.175. The summed E-state index contributed by atoms with van der Waals surface area (Å²) in [5.74, 6) is -1.15. The van der Waals surface area contributed by atoms with Gasteiger partial charge in [0.1, 0.15) is 0 Å². The van der Waals surface area contributed by atoms with E-state index in [9.17, 15) is 4.79 Å². The fraction of sp³-hybridized carbons (Fsp3) is 0.750. The van der Waals surface area contributed by atoms with Crippen molar-refractivity contribution in [1.82, 2.24) is 0 Å². The minimum Gasteiger partial charge on any atom is -0.479 e. The van der Waals surface area contributed by atoms with Crippen molar-refractivity contribution in [1.29, 1.82) is 0 Å². The van der Waals surface area contributed by atoms with Gasteiger partial charge in [0.05, 0.1) is 0 Å². The quantitative estimate of drug-likeness (QED) is 0.579. The lowest BCUT2D eigenvalue weighted by Crippen LogP contribution is -2.17. The molecule has 1 atom stereocenters. The van der Waals surface area contributed by atoms with Gasteiger partial charge in [0.2, 0.25) is 0 Å². The maximum absolute atomic E-state index is 9.68. The summed E-state index contributed by atoms with van der Waals surface area (Å²) in [6.07, 6.45) is -0.907. The predicted molar refractivity (Wildman–Crippen MR) is 31.2 cm³/mol. The Bertz CT molecular complexity index is 73.7. The van der Waals surface area contributed by atoms with E-state index in [-0.39, 0.29) is 18.8 Å². The van der Waals surface area contributed by atoms with Crippen molar-refractivity contribution in [2.45, 2.75) is 19.4 Å². The molecule has 0 radical (unpaired) electrons. The average Bonchev–Trinajstić information content (AvgIpc) is 1.65. The number of halogens is 1. The van der Waals surface area contributed by atoms with E-state index in [4.69, 9.17) is 10.2 Å². The summed E-state index contributed by atoms with van der Waals surface area (Å²) in [6, 6.07) is 0. The molecule has 0 fully saturated rings. The van der Waals surface area contributed by atoms with Crippen LogP contribution in [0.3, 0.4) is 0 Å². The van der Waals surface area contributed by atoms with Crippen molar-refractivity contribution in [3.8, 4) is 0 Å². The highest BCUT2D eigenvalue weighted by Gasteiger charge is 2.07. The largest absolute Gasteiger partial charge is 0.479 e. The summed E-state index contributed by atoms with van der Waals surface area (Å²) in [6.45, 7) is 1.61. The first-order chi connectivity index (χ1) is 3.18. The normalized spacial score (nSPS) is 11.8. The van der Waals surface area contributed by atoms with Gasteiger partial charge in [-0.25, -0.2) is 4.79 Å². The molecule has 0 aliphatic rings. The van der Waals surface area contributed by atoms with E-state index in [0.717, 1.165) is 0 Å². The number of carboxylic acid groups (broad SMARTS) is 1. The summed E-state index contributed by atoms with van der Waals surface area (Å²) in [5, 5.41) is 16.3. The van der Waals surface area contributed by atoms with Crippen LogP contribution in [-0.2, 0) is 4.79 Å². The molecule has 0 aliphatic heterocycles. The Kier molecular flexibility index (Phi) is 6.48. The highest BCUT2D eigenvalue weighted by Crippen LogP contribution is 1.86. The summed E-state index contributed by atoms with van der Waals surface area (Å²) >= 11 is 0. The third-order valence-electron chi connectivity index (χ3n) is 0.672. The Morgan fingerprint density at radius 3 is 2.12 bits per heavy atom. The number of rotatable bonds is 2. The smallest absolute Gasteiger partial charge is 0.332 e. The lowest BCUT2D eigenvalue weighted by Gasteiger charge is -1.95. The van der Waals surface area contributed by atoms with Crippen LogP contribution in [0.15, 0.2) is 0 Å². The van der Waals surface area contributed by atoms with Gasteiger partial charge in [0, 0.05) is 0 Å². The van der Waals surface area contributed by atoms with Gasteiger partial charge in [-0.15, -0.1) is 12.4 Å². The van der Waals surface area contributed by atoms with Crippen molar-refractivity contribution in [2.24, 2.45) is 0 Å². The van der Waals surface area contributed by atoms with Crippen LogP contribution in [-0.4, -0.2) is 22.3 Å². The third-order valence-corrected chi connectivity index (χ3v) is 0.672. The van der Waals surface area contributed by atoms with Crippen molar-refractivity contribution in [3.63, 3.8) is 0 Å². The molecule has 2 N–H and O–H groups in total. The SMILES string of the molecule is CCC(O)C(=O)O.Cl. The van der Waals surface area contributed by atoms with Gasteiger partial charge in [-0.2, -0.15) is 0 Å². The van der Waals surface area contributed by atoms with Crippen molar-refractivity contribution in [3.05, 3.63) is 0 Å². The monoisotopic (exact) mass is 140 g/mol. The molecule has 0 aromatic carbocycles. The van der Waals surface area contributed by atoms with E-state index in [2.05, 4.69) is 0 Å². The minimum atomic E-state index is -1.18. The molecule has 0 bridgehead atoms. The number of aliphatic hydroxyl groups excluding tert-OH is 1. The summed E-state index contributed by atoms with van der Waals surface area (Å²) in [7, 11) is 0. The van der Waals surface area contributed by atoms with Crippen LogP contribution in [0.25, 0.3) is 0 Å². The molecule has 50 valence electrons. The summed E-state index contributed by atoms with van der Waals surface area (Å²) < 4.78 is 0. The lowest BCUT2D eigenvalue weighted by atomic mass is 10.3. The number of aliphatic hydroxyl groups is 1. The van der Waals surface area contributed by atoms with Gasteiger partial charge in [0.15, 0.2) is 6.10 Å². The Morgan fingerprint density at radius 2 is 2.12 bits per heavy atom. The zero-order valence-electron chi connectivity index (χ0n) is 4.50. The van der Waals surface area contributed by atoms with Crippen LogP contribution in [0.4, 0.5) is 0 Å². The van der Waals surface area contributed by atoms with Crippen molar-refractivity contribution in [2.75, 3.05) is 0 Å². The standard InChI is InChI=1S/C4H8O3.ClH/c1-2-3(5)4(6)7;/h3,5H,2H2,1H3,(H,6,7);1H. The number of carboxylic acids is 1. The molecule has 0 aromatic heterocycles. The third kappa shape index (κ3) is 3.89. The minimum absolute atomic E-state index is 0. The molecule has 0 heterocycles. The second-order valence-corrected chi connectivity index (χ2v) is 1.26. The number of hydrogen-bond donors (Lipinski definition) is 2. The molecule has 8 heavy (non-hydrogen) atoms. The zero-order chi connectivity index (χ0) is 5.86. The van der Waals surface area contributed by atoms with Crippen molar-refractivity contribution >= 4 is 18.4 Å². The first kappa shape index (κ1) is 10.7. The second-order valence-electron chi connectivity index (χ2n) is 1.26. The average molecular weight is 141 g/mol. The summed E-state index contributed by atoms with van der Waals surface area (Å²) in [5.41, 5.74) is 0. The van der Waals surface area contributed by atoms with E-state index in [0.29, 0.717) is 0 Å². The molecule has 0 spiro atoms. The van der Waals surface area contributed by atoms with Crippen LogP contribution in [0.1, 0.15) is 13.3 Å². The van der Waals surface area contributed by atoms with E-state index in [1.165, 1.54) is 0 Å². The second kappa shape index (κ2) is 4.87. The molecular formula is C4H9ClO3. The van der Waals surface area contributed by atoms with Crippen LogP contribution in [0.2, 0.25) is 0 Å². The first-order valence-electron chi connectivity index (χ1n) is 2.09. The maximum Gasteiger partial charge on any atom is 0.332 e. The highest BCUT2D eigenvalue weighted by atomic mass is 35.5. The van der Waals surface area contributed by atoms with E-state index in [1.807, 2.05) is 0 Å². The van der Waals surface area contributed by atoms with E-state index < -0.39 is 12.1 Å². The molecule has 0 saturated heterocycles. The van der Waals surface area contributed by atoms with Gasteiger partial charge in [-0.1, -0.05) is 6.92 Å². The molecule has 1 unspecified atom stereocenters. The van der Waals surface area contributed by atoms with E-state index >= 15 is 0 Å². The van der Waals surface area contributed by atoms with Crippen LogP contribution in [0, 0.1) is 0 Å². The van der Waals surface area contributed by atoms with Gasteiger partial charge in [0.25, 0.3) is 0 Å². The van der Waals surface area contributed by atoms with Gasteiger partial charge in [-0.3, -0.25) is 0 Å². The topological polar surface area (TPSA) is 57.5 Å². The van der Waals surface area contributed by atoms with Gasteiger partial charge < -0.3 is 10.2 Å². The molecule has 0 amide bonds. The van der Waals surface area contributed by atoms with Crippen LogP contribution in [0.5, 0.6) is 0 Å². The Balaban J connectivity index is 0. The molecule has 4 heteroatoms. The molecule has 0 aliphatic carbocycles. The van der Waals surface area contributed by atoms with Crippen molar-refractivity contribution < 1.29 is 15.0 Å². The highest BCUT2D eigenvalue weighted by molar-refractivity contribution is 5.85. The number of hydrogen-bond acceptors (Lipinski definition) is 2. The Hall–Kier alpha value is -0.280. The van der Waals surface area contributed by atoms with E-state index in [1.54, 1.807) is 6.92 Å². The van der Waals surface area contributed by atoms with Gasteiger partial charge >= 0.3 is 5.97 Å². The number of aliphatic carboxylic acids is 1. The zero-order valence-corrected chi connectivity index (χ0v) is 5.31. The predicted octanol–water partition coefficient (Wildman–Crippen LogP) is 0.264. The molecule has 3 nitrogen and oxygen atoms in total. The van der Waals surface area contributed by atoms with Crippen LogP contribution >= 0.6 is 12.4 Å². The Morgan fingerprint density at radius 1 is 1.75 bits per heavy atom.